The molecule has 1 saturated heterocycles. The smallest absolute Gasteiger partial charge is 0.414 e. The van der Waals surface area contributed by atoms with Crippen LogP contribution in [0.2, 0.25) is 0 Å². The number of benzene rings is 1. The number of nitrogens with two attached hydrogens (primary N) is 1. The molecule has 1 amide bonds. The van der Waals surface area contributed by atoms with Crippen LogP contribution in [-0.4, -0.2) is 60.4 Å². The second-order valence-electron chi connectivity index (χ2n) is 7.47. The highest BCUT2D eigenvalue weighted by Gasteiger charge is 2.22. The van der Waals surface area contributed by atoms with Gasteiger partial charge in [-0.05, 0) is 19.8 Å². The normalized spacial score (nSPS) is 13.9. The third-order valence-corrected chi connectivity index (χ3v) is 5.09. The minimum Gasteiger partial charge on any atom is -0.464 e. The molecular formula is C22H27FN6O5. The number of rotatable bonds is 8. The zero-order valence-electron chi connectivity index (χ0n) is 18.8. The van der Waals surface area contributed by atoms with E-state index < -0.39 is 17.9 Å². The fourth-order valence-corrected chi connectivity index (χ4v) is 3.44. The van der Waals surface area contributed by atoms with Gasteiger partial charge in [-0.2, -0.15) is 0 Å². The first kappa shape index (κ1) is 24.8. The summed E-state index contributed by atoms with van der Waals surface area (Å²) < 4.78 is 30.3. The Kier molecular flexibility index (Phi) is 8.68. The monoisotopic (exact) mass is 474 g/mol. The number of anilines is 1. The third kappa shape index (κ3) is 6.85. The first-order valence-electron chi connectivity index (χ1n) is 10.8. The molecule has 1 fully saturated rings. The zero-order chi connectivity index (χ0) is 24.5. The van der Waals surface area contributed by atoms with Gasteiger partial charge in [-0.3, -0.25) is 10.7 Å². The van der Waals surface area contributed by atoms with Crippen LogP contribution < -0.4 is 16.0 Å². The number of piperidine rings is 1. The Morgan fingerprint density at radius 1 is 1.24 bits per heavy atom. The molecule has 0 spiro atoms. The van der Waals surface area contributed by atoms with Crippen molar-refractivity contribution in [1.82, 2.24) is 15.3 Å². The number of carbonyl (C=O) groups is 2. The van der Waals surface area contributed by atoms with Gasteiger partial charge >= 0.3 is 12.1 Å². The van der Waals surface area contributed by atoms with Gasteiger partial charge in [0.1, 0.15) is 19.0 Å². The van der Waals surface area contributed by atoms with Gasteiger partial charge < -0.3 is 24.8 Å². The molecule has 12 heteroatoms. The van der Waals surface area contributed by atoms with Gasteiger partial charge in [0, 0.05) is 42.2 Å². The molecule has 0 radical (unpaired) electrons. The first-order chi connectivity index (χ1) is 16.4. The van der Waals surface area contributed by atoms with Crippen LogP contribution in [0.4, 0.5) is 15.1 Å². The highest BCUT2D eigenvalue weighted by Crippen LogP contribution is 2.26. The molecule has 1 aliphatic rings. The Labute approximate surface area is 195 Å². The van der Waals surface area contributed by atoms with Crippen molar-refractivity contribution in [3.8, 4) is 11.1 Å². The van der Waals surface area contributed by atoms with Crippen LogP contribution >= 0.6 is 0 Å². The van der Waals surface area contributed by atoms with Crippen molar-refractivity contribution in [2.45, 2.75) is 32.5 Å². The summed E-state index contributed by atoms with van der Waals surface area (Å²) in [6.45, 7) is 3.02. The van der Waals surface area contributed by atoms with E-state index in [1.54, 1.807) is 19.1 Å². The van der Waals surface area contributed by atoms with Gasteiger partial charge in [0.05, 0.1) is 12.7 Å². The van der Waals surface area contributed by atoms with Crippen molar-refractivity contribution in [1.29, 1.82) is 5.41 Å². The molecule has 0 saturated carbocycles. The molecule has 11 nitrogen and oxygen atoms in total. The summed E-state index contributed by atoms with van der Waals surface area (Å²) >= 11 is 0. The molecule has 2 aromatic rings. The fraction of sp³-hybridized carbons (Fsp3) is 0.409. The topological polar surface area (TPSA) is 153 Å². The van der Waals surface area contributed by atoms with Crippen LogP contribution in [0.1, 0.15) is 25.3 Å². The average Bonchev–Trinajstić information content (AvgIpc) is 2.82. The quantitative estimate of drug-likeness (QED) is 0.296. The van der Waals surface area contributed by atoms with Crippen LogP contribution in [0, 0.1) is 11.2 Å². The lowest BCUT2D eigenvalue weighted by atomic mass is 10.0. The van der Waals surface area contributed by atoms with Gasteiger partial charge in [-0.15, -0.1) is 0 Å². The number of ether oxygens (including phenoxy) is 3. The van der Waals surface area contributed by atoms with Crippen molar-refractivity contribution in [2.24, 2.45) is 5.73 Å². The minimum absolute atomic E-state index is 0.0310. The largest absolute Gasteiger partial charge is 0.464 e. The molecule has 1 aromatic heterocycles. The lowest BCUT2D eigenvalue weighted by molar-refractivity contribution is -0.150. The maximum atomic E-state index is 15.0. The molecule has 0 atom stereocenters. The number of alkyl carbamates (subject to hydrolysis) is 1. The van der Waals surface area contributed by atoms with Crippen LogP contribution in [0.3, 0.4) is 0 Å². The Morgan fingerprint density at radius 2 is 1.94 bits per heavy atom. The first-order valence-corrected chi connectivity index (χ1v) is 10.8. The lowest BCUT2D eigenvalue weighted by Gasteiger charge is -2.31. The maximum Gasteiger partial charge on any atom is 0.414 e. The summed E-state index contributed by atoms with van der Waals surface area (Å²) in [7, 11) is 0. The highest BCUT2D eigenvalue weighted by atomic mass is 19.1. The Morgan fingerprint density at radius 3 is 2.59 bits per heavy atom. The number of halogens is 1. The minimum atomic E-state index is -0.944. The van der Waals surface area contributed by atoms with Crippen LogP contribution in [0.15, 0.2) is 30.6 Å². The van der Waals surface area contributed by atoms with Gasteiger partial charge in [-0.25, -0.2) is 23.9 Å². The Balaban J connectivity index is 1.57. The highest BCUT2D eigenvalue weighted by molar-refractivity contribution is 5.90. The molecule has 4 N–H and O–H groups in total. The van der Waals surface area contributed by atoms with Gasteiger partial charge in [0.15, 0.2) is 5.96 Å². The molecule has 0 unspecified atom stereocenters. The van der Waals surface area contributed by atoms with Crippen LogP contribution in [-0.2, 0) is 25.6 Å². The van der Waals surface area contributed by atoms with Crippen LogP contribution in [0.5, 0.6) is 0 Å². The fourth-order valence-electron chi connectivity index (χ4n) is 3.44. The summed E-state index contributed by atoms with van der Waals surface area (Å²) in [6.07, 6.45) is 3.54. The second-order valence-corrected chi connectivity index (χ2v) is 7.47. The number of nitrogens with one attached hydrogen (secondary N) is 2. The lowest BCUT2D eigenvalue weighted by Crippen LogP contribution is -2.38. The number of esters is 1. The molecule has 1 aromatic carbocycles. The predicted octanol–water partition coefficient (Wildman–Crippen LogP) is 1.95. The number of carbonyl (C=O) groups excluding carboxylic acids is 2. The molecule has 0 bridgehead atoms. The summed E-state index contributed by atoms with van der Waals surface area (Å²) in [5, 5.41) is 8.96. The molecule has 0 aliphatic carbocycles. The van der Waals surface area contributed by atoms with E-state index in [2.05, 4.69) is 9.97 Å². The number of hydrogen-bond donors (Lipinski definition) is 3. The molecule has 1 aliphatic heterocycles. The number of aromatic nitrogens is 2. The average molecular weight is 474 g/mol. The van der Waals surface area contributed by atoms with Crippen molar-refractivity contribution >= 4 is 24.0 Å². The number of guanidine groups is 1. The number of nitrogens with zero attached hydrogens (tertiary/aromatic N) is 3. The molecule has 34 heavy (non-hydrogen) atoms. The van der Waals surface area contributed by atoms with E-state index in [0.717, 1.165) is 12.8 Å². The van der Waals surface area contributed by atoms with Gasteiger partial charge in [0.2, 0.25) is 5.95 Å². The Bertz CT molecular complexity index is 1010. The van der Waals surface area contributed by atoms with Crippen molar-refractivity contribution in [2.75, 3.05) is 31.2 Å². The number of hydrogen-bond acceptors (Lipinski definition) is 9. The van der Waals surface area contributed by atoms with E-state index in [1.165, 1.54) is 18.5 Å². The van der Waals surface area contributed by atoms with Gasteiger partial charge in [0.25, 0.3) is 0 Å². The molecular weight excluding hydrogens is 447 g/mol. The summed E-state index contributed by atoms with van der Waals surface area (Å²) in [4.78, 5) is 33.7. The van der Waals surface area contributed by atoms with E-state index in [-0.39, 0.29) is 36.4 Å². The second kappa shape index (κ2) is 11.9. The van der Waals surface area contributed by atoms with Crippen molar-refractivity contribution in [3.05, 3.63) is 42.0 Å². The Hall–Kier alpha value is -3.80. The summed E-state index contributed by atoms with van der Waals surface area (Å²) in [6, 6.07) is 4.71. The van der Waals surface area contributed by atoms with E-state index in [4.69, 9.17) is 25.4 Å². The van der Waals surface area contributed by atoms with E-state index >= 15 is 0 Å². The SMILES string of the molecule is CCOC(=O)COC1CCN(c2ncc(-c3cccc(COC(=O)NC(=N)N)c3F)cn2)CC1. The van der Waals surface area contributed by atoms with E-state index in [1.807, 2.05) is 10.2 Å². The maximum absolute atomic E-state index is 15.0. The molecule has 3 rings (SSSR count). The molecule has 2 heterocycles. The third-order valence-electron chi connectivity index (χ3n) is 5.09. The van der Waals surface area contributed by atoms with Gasteiger partial charge in [-0.1, -0.05) is 18.2 Å². The predicted molar refractivity (Wildman–Crippen MR) is 120 cm³/mol. The summed E-state index contributed by atoms with van der Waals surface area (Å²) in [5.41, 5.74) is 5.96. The standard InChI is InChI=1S/C22H27FN6O5/c1-2-32-18(30)13-33-16-6-8-29(9-7-16)21-26-10-15(11-27-21)17-5-3-4-14(19(17)23)12-34-22(31)28-20(24)25/h3-5,10-11,16H,2,6-9,12-13H2,1H3,(H4,24,25,28,31). The molecule has 182 valence electrons. The number of amides is 1. The summed E-state index contributed by atoms with van der Waals surface area (Å²) in [5.74, 6) is -0.974. The van der Waals surface area contributed by atoms with Crippen LogP contribution in [0.25, 0.3) is 11.1 Å². The van der Waals surface area contributed by atoms with E-state index in [0.29, 0.717) is 31.2 Å². The van der Waals surface area contributed by atoms with Crippen molar-refractivity contribution in [3.63, 3.8) is 0 Å². The zero-order valence-corrected chi connectivity index (χ0v) is 18.8. The van der Waals surface area contributed by atoms with E-state index in [9.17, 15) is 14.0 Å². The van der Waals surface area contributed by atoms with Crippen molar-refractivity contribution < 1.29 is 28.2 Å².